The Balaban J connectivity index is 0.000000696. The maximum atomic E-state index is 9.75. The molecule has 0 aromatic heterocycles. The molecule has 0 N–H and O–H groups in total. The molecule has 0 amide bonds. The van der Waals surface area contributed by atoms with Crippen LogP contribution >= 0.6 is 10.8 Å². The molecule has 0 aromatic rings. The van der Waals surface area contributed by atoms with Crippen LogP contribution in [0.15, 0.2) is 0 Å². The van der Waals surface area contributed by atoms with Gasteiger partial charge in [0.2, 0.25) is 0 Å². The first-order valence-electron chi connectivity index (χ1n) is 11.0. The van der Waals surface area contributed by atoms with Crippen LogP contribution in [0.1, 0.15) is 80.1 Å². The summed E-state index contributed by atoms with van der Waals surface area (Å²) in [6, 6.07) is 0. The number of hydrogen-bond acceptors (Lipinski definition) is 1. The van der Waals surface area contributed by atoms with Crippen molar-refractivity contribution in [1.82, 2.24) is 0 Å². The van der Waals surface area contributed by atoms with Crippen LogP contribution in [0.2, 0.25) is 0 Å². The third-order valence-electron chi connectivity index (χ3n) is 6.71. The molecule has 2 aliphatic carbocycles. The highest BCUT2D eigenvalue weighted by molar-refractivity contribution is 8.74. The van der Waals surface area contributed by atoms with Crippen LogP contribution in [0.4, 0.5) is 17.3 Å². The molecule has 0 bridgehead atoms. The van der Waals surface area contributed by atoms with Crippen LogP contribution in [0, 0.1) is 35.5 Å². The molecule has 168 valence electrons. The van der Waals surface area contributed by atoms with Crippen LogP contribution in [0.5, 0.6) is 0 Å². The van der Waals surface area contributed by atoms with Gasteiger partial charge in [-0.2, -0.15) is 0 Å². The van der Waals surface area contributed by atoms with Gasteiger partial charge in [-0.1, -0.05) is 54.4 Å². The van der Waals surface area contributed by atoms with Gasteiger partial charge >= 0.3 is 7.25 Å². The lowest BCUT2D eigenvalue weighted by molar-refractivity contribution is 0.227. The summed E-state index contributed by atoms with van der Waals surface area (Å²) in [5.41, 5.74) is 0. The Kier molecular flexibility index (Phi) is 11.1. The number of rotatable bonds is 5. The predicted octanol–water partition coefficient (Wildman–Crippen LogP) is 8.10. The molecule has 0 aromatic carbocycles. The molecular formula is C21H41BF4S2. The van der Waals surface area contributed by atoms with Crippen molar-refractivity contribution >= 4 is 28.0 Å². The van der Waals surface area contributed by atoms with E-state index in [1.807, 2.05) is 0 Å². The summed E-state index contributed by atoms with van der Waals surface area (Å²) in [6.07, 6.45) is 11.4. The summed E-state index contributed by atoms with van der Waals surface area (Å²) in [6.45, 7) is 15.0. The molecule has 28 heavy (non-hydrogen) atoms. The van der Waals surface area contributed by atoms with Crippen LogP contribution in [-0.4, -0.2) is 24.0 Å². The first kappa shape index (κ1) is 26.5. The Morgan fingerprint density at radius 3 is 1.32 bits per heavy atom. The highest BCUT2D eigenvalue weighted by Crippen LogP contribution is 2.48. The molecule has 6 atom stereocenters. The van der Waals surface area contributed by atoms with Crippen molar-refractivity contribution in [2.45, 2.75) is 90.6 Å². The SMILES string of the molecule is CS[S+](C1CC(C)CCC1C(C)C)C1CC(C)CCC1C(C)C.F[B-](F)(F)F. The smallest absolute Gasteiger partial charge is 0.418 e. The summed E-state index contributed by atoms with van der Waals surface area (Å²) in [5.74, 6) is 5.60. The van der Waals surface area contributed by atoms with Gasteiger partial charge in [0.1, 0.15) is 10.5 Å². The van der Waals surface area contributed by atoms with Gasteiger partial charge in [-0.15, -0.1) is 0 Å². The van der Waals surface area contributed by atoms with Crippen molar-refractivity contribution in [2.75, 3.05) is 6.26 Å². The molecule has 2 aliphatic rings. The van der Waals surface area contributed by atoms with Crippen LogP contribution in [0.25, 0.3) is 0 Å². The fourth-order valence-electron chi connectivity index (χ4n) is 5.24. The predicted molar refractivity (Wildman–Crippen MR) is 121 cm³/mol. The van der Waals surface area contributed by atoms with Crippen LogP contribution < -0.4 is 0 Å². The van der Waals surface area contributed by atoms with Gasteiger partial charge in [-0.05, 0) is 49.4 Å². The van der Waals surface area contributed by atoms with E-state index in [4.69, 9.17) is 0 Å². The molecule has 2 saturated carbocycles. The minimum absolute atomic E-state index is 0.570. The van der Waals surface area contributed by atoms with E-state index in [1.54, 1.807) is 0 Å². The van der Waals surface area contributed by atoms with E-state index in [-0.39, 0.29) is 0 Å². The second kappa shape index (κ2) is 11.8. The second-order valence-electron chi connectivity index (χ2n) is 9.72. The van der Waals surface area contributed by atoms with Crippen molar-refractivity contribution < 1.29 is 17.3 Å². The highest BCUT2D eigenvalue weighted by Gasteiger charge is 2.50. The average molecular weight is 444 g/mol. The molecule has 0 aliphatic heterocycles. The van der Waals surface area contributed by atoms with E-state index in [9.17, 15) is 17.3 Å². The van der Waals surface area contributed by atoms with Crippen molar-refractivity contribution in [3.05, 3.63) is 0 Å². The van der Waals surface area contributed by atoms with Crippen molar-refractivity contribution in [3.8, 4) is 0 Å². The Bertz CT molecular complexity index is 407. The minimum Gasteiger partial charge on any atom is -0.418 e. The third kappa shape index (κ3) is 8.69. The zero-order valence-electron chi connectivity index (χ0n) is 18.8. The first-order chi connectivity index (χ1) is 12.8. The first-order valence-corrected chi connectivity index (χ1v) is 14.1. The maximum Gasteiger partial charge on any atom is 0.673 e. The van der Waals surface area contributed by atoms with Gasteiger partial charge in [0, 0.05) is 18.1 Å². The zero-order valence-corrected chi connectivity index (χ0v) is 20.4. The van der Waals surface area contributed by atoms with Gasteiger partial charge in [0.25, 0.3) is 0 Å². The molecule has 7 heteroatoms. The van der Waals surface area contributed by atoms with E-state index in [0.717, 1.165) is 46.0 Å². The summed E-state index contributed by atoms with van der Waals surface area (Å²) in [5, 5.41) is 1.98. The molecule has 0 heterocycles. The lowest BCUT2D eigenvalue weighted by Gasteiger charge is -2.42. The van der Waals surface area contributed by atoms with Gasteiger partial charge < -0.3 is 17.3 Å². The Labute approximate surface area is 177 Å². The summed E-state index contributed by atoms with van der Waals surface area (Å²) in [4.78, 5) is 0. The van der Waals surface area contributed by atoms with Gasteiger partial charge in [0.15, 0.2) is 0 Å². The van der Waals surface area contributed by atoms with Gasteiger partial charge in [-0.25, -0.2) is 0 Å². The standard InChI is InChI=1S/C21H41S2.BF4/c1-14(2)18-10-8-16(5)12-20(18)23(22-7)21-13-17(6)9-11-19(21)15(3)4;2-1(3,4)5/h14-21H,8-13H2,1-7H3;/q+1;-1. The van der Waals surface area contributed by atoms with E-state index in [0.29, 0.717) is 9.93 Å². The number of hydrogen-bond donors (Lipinski definition) is 0. The summed E-state index contributed by atoms with van der Waals surface area (Å²) in [7, 11) is -3.17. The third-order valence-corrected chi connectivity index (χ3v) is 12.0. The maximum absolute atomic E-state index is 9.75. The molecular weight excluding hydrogens is 403 g/mol. The molecule has 2 rings (SSSR count). The van der Waals surface area contributed by atoms with Crippen molar-refractivity contribution in [2.24, 2.45) is 35.5 Å². The minimum atomic E-state index is -6.00. The van der Waals surface area contributed by atoms with E-state index in [1.165, 1.54) is 38.5 Å². The molecule has 0 radical (unpaired) electrons. The Morgan fingerprint density at radius 2 is 1.07 bits per heavy atom. The van der Waals surface area contributed by atoms with Crippen molar-refractivity contribution in [3.63, 3.8) is 0 Å². The average Bonchev–Trinajstić information content (AvgIpc) is 2.53. The number of halogens is 4. The fraction of sp³-hybridized carbons (Fsp3) is 1.00. The van der Waals surface area contributed by atoms with E-state index < -0.39 is 7.25 Å². The second-order valence-corrected chi connectivity index (χ2v) is 14.1. The summed E-state index contributed by atoms with van der Waals surface area (Å²) >= 11 is 0. The largest absolute Gasteiger partial charge is 0.673 e. The monoisotopic (exact) mass is 444 g/mol. The normalized spacial score (nSPS) is 35.5. The summed E-state index contributed by atoms with van der Waals surface area (Å²) < 4.78 is 39.0. The quantitative estimate of drug-likeness (QED) is 0.179. The van der Waals surface area contributed by atoms with Crippen LogP contribution in [-0.2, 0) is 9.93 Å². The molecule has 2 fully saturated rings. The molecule has 0 saturated heterocycles. The highest BCUT2D eigenvalue weighted by atomic mass is 33.1. The van der Waals surface area contributed by atoms with Gasteiger partial charge in [-0.3, -0.25) is 0 Å². The molecule has 0 nitrogen and oxygen atoms in total. The Morgan fingerprint density at radius 1 is 0.750 bits per heavy atom. The molecule has 0 spiro atoms. The van der Waals surface area contributed by atoms with E-state index >= 15 is 0 Å². The Hall–Kier alpha value is 0.485. The van der Waals surface area contributed by atoms with Crippen molar-refractivity contribution in [1.29, 1.82) is 0 Å². The fourth-order valence-corrected chi connectivity index (χ4v) is 11.6. The van der Waals surface area contributed by atoms with Crippen LogP contribution in [0.3, 0.4) is 0 Å². The topological polar surface area (TPSA) is 0 Å². The molecule has 6 unspecified atom stereocenters. The lowest BCUT2D eigenvalue weighted by atomic mass is 9.76. The zero-order chi connectivity index (χ0) is 21.6. The lowest BCUT2D eigenvalue weighted by Crippen LogP contribution is -2.46. The van der Waals surface area contributed by atoms with E-state index in [2.05, 4.69) is 58.6 Å². The van der Waals surface area contributed by atoms with Gasteiger partial charge in [0.05, 0.1) is 20.7 Å².